The van der Waals surface area contributed by atoms with Gasteiger partial charge in [0.2, 0.25) is 0 Å². The summed E-state index contributed by atoms with van der Waals surface area (Å²) in [5, 5.41) is 3.33. The van der Waals surface area contributed by atoms with Crippen LogP contribution >= 0.6 is 0 Å². The van der Waals surface area contributed by atoms with Crippen molar-refractivity contribution in [3.05, 3.63) is 0 Å². The van der Waals surface area contributed by atoms with E-state index in [4.69, 9.17) is 0 Å². The van der Waals surface area contributed by atoms with E-state index in [0.717, 1.165) is 45.2 Å². The summed E-state index contributed by atoms with van der Waals surface area (Å²) in [6.07, 6.45) is 1.64. The number of rotatable bonds is 2. The van der Waals surface area contributed by atoms with E-state index in [9.17, 15) is 13.2 Å². The Balaban J connectivity index is 1.91. The molecule has 3 atom stereocenters. The lowest BCUT2D eigenvalue weighted by Crippen LogP contribution is -2.49. The molecule has 1 N–H and O–H groups in total. The molecule has 1 aliphatic heterocycles. The number of likely N-dealkylation sites (tertiary alicyclic amines) is 1. The van der Waals surface area contributed by atoms with Crippen molar-refractivity contribution in [1.82, 2.24) is 10.2 Å². The Morgan fingerprint density at radius 2 is 1.68 bits per heavy atom. The predicted octanol–water partition coefficient (Wildman–Crippen LogP) is 3.18. The zero-order valence-corrected chi connectivity index (χ0v) is 11.7. The number of halogens is 3. The second-order valence-electron chi connectivity index (χ2n) is 6.14. The maximum absolute atomic E-state index is 13.0. The van der Waals surface area contributed by atoms with Gasteiger partial charge in [-0.2, -0.15) is 13.2 Å². The zero-order valence-electron chi connectivity index (χ0n) is 11.7. The van der Waals surface area contributed by atoms with Crippen LogP contribution in [-0.2, 0) is 0 Å². The number of alkyl halides is 3. The summed E-state index contributed by atoms with van der Waals surface area (Å²) >= 11 is 0. The fourth-order valence-electron chi connectivity index (χ4n) is 3.43. The molecule has 0 radical (unpaired) electrons. The summed E-state index contributed by atoms with van der Waals surface area (Å²) in [5.41, 5.74) is 0. The quantitative estimate of drug-likeness (QED) is 0.834. The minimum atomic E-state index is -4.04. The number of hydrogen-bond acceptors (Lipinski definition) is 2. The largest absolute Gasteiger partial charge is 0.393 e. The van der Waals surface area contributed by atoms with Crippen molar-refractivity contribution in [2.45, 2.75) is 63.2 Å². The summed E-state index contributed by atoms with van der Waals surface area (Å²) in [7, 11) is 2.08. The summed E-state index contributed by atoms with van der Waals surface area (Å²) in [6, 6.07) is -0.0972. The standard InChI is InChI=1S/C14H25F3N2/c1-19-9-4-5-11(8-10-19)18-13-7-3-2-6-12(13)14(15,16)17/h11-13,18H,2-10H2,1H3. The van der Waals surface area contributed by atoms with Crippen LogP contribution in [0.2, 0.25) is 0 Å². The van der Waals surface area contributed by atoms with Crippen LogP contribution in [0.5, 0.6) is 0 Å². The van der Waals surface area contributed by atoms with Gasteiger partial charge < -0.3 is 10.2 Å². The van der Waals surface area contributed by atoms with Crippen LogP contribution in [0.15, 0.2) is 0 Å². The first-order valence-electron chi connectivity index (χ1n) is 7.48. The molecule has 2 aliphatic rings. The molecule has 0 aromatic carbocycles. The van der Waals surface area contributed by atoms with E-state index < -0.39 is 12.1 Å². The van der Waals surface area contributed by atoms with Crippen molar-refractivity contribution in [3.63, 3.8) is 0 Å². The molecule has 0 aromatic heterocycles. The first kappa shape index (κ1) is 15.1. The lowest BCUT2D eigenvalue weighted by Gasteiger charge is -2.36. The molecule has 5 heteroatoms. The lowest BCUT2D eigenvalue weighted by atomic mass is 9.83. The molecule has 2 fully saturated rings. The molecule has 0 amide bonds. The topological polar surface area (TPSA) is 15.3 Å². The highest BCUT2D eigenvalue weighted by atomic mass is 19.4. The Kier molecular flexibility index (Phi) is 5.12. The molecule has 0 bridgehead atoms. The average molecular weight is 278 g/mol. The molecular weight excluding hydrogens is 253 g/mol. The summed E-state index contributed by atoms with van der Waals surface area (Å²) in [6.45, 7) is 2.05. The molecule has 1 heterocycles. The van der Waals surface area contributed by atoms with Crippen LogP contribution in [0.1, 0.15) is 44.9 Å². The fourth-order valence-corrected chi connectivity index (χ4v) is 3.43. The average Bonchev–Trinajstić information content (AvgIpc) is 2.54. The van der Waals surface area contributed by atoms with Crippen molar-refractivity contribution < 1.29 is 13.2 Å². The third-order valence-electron chi connectivity index (χ3n) is 4.59. The van der Waals surface area contributed by atoms with Gasteiger partial charge in [0.15, 0.2) is 0 Å². The molecule has 1 saturated carbocycles. The van der Waals surface area contributed by atoms with Crippen LogP contribution < -0.4 is 5.32 Å². The van der Waals surface area contributed by atoms with Crippen molar-refractivity contribution >= 4 is 0 Å². The van der Waals surface area contributed by atoms with Gasteiger partial charge in [0, 0.05) is 12.1 Å². The molecule has 112 valence electrons. The molecule has 3 unspecified atom stereocenters. The van der Waals surface area contributed by atoms with Crippen LogP contribution in [0, 0.1) is 5.92 Å². The second-order valence-corrected chi connectivity index (χ2v) is 6.14. The maximum Gasteiger partial charge on any atom is 0.393 e. The van der Waals surface area contributed by atoms with Gasteiger partial charge in [-0.05, 0) is 52.2 Å². The lowest BCUT2D eigenvalue weighted by molar-refractivity contribution is -0.189. The minimum Gasteiger partial charge on any atom is -0.311 e. The Bertz CT molecular complexity index is 280. The van der Waals surface area contributed by atoms with Crippen molar-refractivity contribution in [1.29, 1.82) is 0 Å². The summed E-state index contributed by atoms with van der Waals surface area (Å²) in [5.74, 6) is -1.14. The number of nitrogens with zero attached hydrogens (tertiary/aromatic N) is 1. The SMILES string of the molecule is CN1CCCC(NC2CCCCC2C(F)(F)F)CC1. The summed E-state index contributed by atoms with van der Waals surface area (Å²) < 4.78 is 39.1. The predicted molar refractivity (Wildman–Crippen MR) is 70.1 cm³/mol. The van der Waals surface area contributed by atoms with E-state index in [1.807, 2.05) is 0 Å². The highest BCUT2D eigenvalue weighted by molar-refractivity contribution is 4.88. The van der Waals surface area contributed by atoms with Gasteiger partial charge in [-0.1, -0.05) is 12.8 Å². The van der Waals surface area contributed by atoms with Crippen LogP contribution in [0.4, 0.5) is 13.2 Å². The number of nitrogens with one attached hydrogen (secondary N) is 1. The monoisotopic (exact) mass is 278 g/mol. The summed E-state index contributed by atoms with van der Waals surface area (Å²) in [4.78, 5) is 2.27. The second kappa shape index (κ2) is 6.44. The smallest absolute Gasteiger partial charge is 0.311 e. The van der Waals surface area contributed by atoms with Gasteiger partial charge in [0.1, 0.15) is 0 Å². The molecule has 1 aliphatic carbocycles. The molecule has 2 rings (SSSR count). The van der Waals surface area contributed by atoms with Crippen molar-refractivity contribution in [2.75, 3.05) is 20.1 Å². The fraction of sp³-hybridized carbons (Fsp3) is 1.00. The van der Waals surface area contributed by atoms with Crippen LogP contribution in [0.3, 0.4) is 0 Å². The minimum absolute atomic E-state index is 0.262. The Morgan fingerprint density at radius 3 is 2.42 bits per heavy atom. The maximum atomic E-state index is 13.0. The van der Waals surface area contributed by atoms with E-state index in [1.54, 1.807) is 0 Å². The zero-order chi connectivity index (χ0) is 13.9. The normalized spacial score (nSPS) is 35.1. The highest BCUT2D eigenvalue weighted by Gasteiger charge is 2.45. The Morgan fingerprint density at radius 1 is 0.947 bits per heavy atom. The molecular formula is C14H25F3N2. The highest BCUT2D eigenvalue weighted by Crippen LogP contribution is 2.38. The molecule has 19 heavy (non-hydrogen) atoms. The van der Waals surface area contributed by atoms with Gasteiger partial charge in [0.05, 0.1) is 5.92 Å². The van der Waals surface area contributed by atoms with Crippen molar-refractivity contribution in [2.24, 2.45) is 5.92 Å². The Labute approximate surface area is 113 Å². The molecule has 0 aromatic rings. The van der Waals surface area contributed by atoms with E-state index in [-0.39, 0.29) is 12.1 Å². The van der Waals surface area contributed by atoms with E-state index in [0.29, 0.717) is 12.8 Å². The van der Waals surface area contributed by atoms with Crippen LogP contribution in [0.25, 0.3) is 0 Å². The van der Waals surface area contributed by atoms with E-state index in [1.165, 1.54) is 0 Å². The van der Waals surface area contributed by atoms with Gasteiger partial charge >= 0.3 is 6.18 Å². The van der Waals surface area contributed by atoms with Gasteiger partial charge in [-0.25, -0.2) is 0 Å². The Hall–Kier alpha value is -0.290. The van der Waals surface area contributed by atoms with Gasteiger partial charge in [-0.15, -0.1) is 0 Å². The van der Waals surface area contributed by atoms with Crippen LogP contribution in [-0.4, -0.2) is 43.3 Å². The van der Waals surface area contributed by atoms with Crippen molar-refractivity contribution in [3.8, 4) is 0 Å². The molecule has 0 spiro atoms. The third-order valence-corrected chi connectivity index (χ3v) is 4.59. The third kappa shape index (κ3) is 4.35. The molecule has 2 nitrogen and oxygen atoms in total. The first-order chi connectivity index (χ1) is 8.97. The van der Waals surface area contributed by atoms with Gasteiger partial charge in [-0.3, -0.25) is 0 Å². The number of hydrogen-bond donors (Lipinski definition) is 1. The van der Waals surface area contributed by atoms with E-state index in [2.05, 4.69) is 17.3 Å². The van der Waals surface area contributed by atoms with E-state index >= 15 is 0 Å². The van der Waals surface area contributed by atoms with Gasteiger partial charge in [0.25, 0.3) is 0 Å². The first-order valence-corrected chi connectivity index (χ1v) is 7.48. The molecule has 1 saturated heterocycles.